The Kier molecular flexibility index (Phi) is 7.48. The predicted octanol–water partition coefficient (Wildman–Crippen LogP) is 4.60. The fourth-order valence-electron chi connectivity index (χ4n) is 3.70. The van der Waals surface area contributed by atoms with Crippen molar-refractivity contribution in [2.75, 3.05) is 30.5 Å². The molecule has 3 aromatic carbocycles. The van der Waals surface area contributed by atoms with E-state index < -0.39 is 21.8 Å². The highest BCUT2D eigenvalue weighted by atomic mass is 35.5. The molecular weight excluding hydrogens is 506 g/mol. The van der Waals surface area contributed by atoms with Gasteiger partial charge >= 0.3 is 0 Å². The van der Waals surface area contributed by atoms with E-state index in [-0.39, 0.29) is 46.6 Å². The number of amides is 2. The van der Waals surface area contributed by atoms with Crippen LogP contribution in [0.1, 0.15) is 34.6 Å². The second-order valence-electron chi connectivity index (χ2n) is 7.76. The largest absolute Gasteiger partial charge is 0.454 e. The van der Waals surface area contributed by atoms with E-state index in [1.165, 1.54) is 22.5 Å². The van der Waals surface area contributed by atoms with E-state index in [2.05, 4.69) is 10.6 Å². The molecule has 0 saturated carbocycles. The number of anilines is 2. The topological polar surface area (TPSA) is 114 Å². The highest BCUT2D eigenvalue weighted by Gasteiger charge is 2.26. The van der Waals surface area contributed by atoms with Gasteiger partial charge in [-0.2, -0.15) is 4.31 Å². The van der Waals surface area contributed by atoms with Gasteiger partial charge in [-0.1, -0.05) is 37.6 Å². The van der Waals surface area contributed by atoms with Crippen LogP contribution in [0, 0.1) is 0 Å². The van der Waals surface area contributed by atoms with Crippen LogP contribution < -0.4 is 20.1 Å². The number of sulfonamides is 1. The molecule has 188 valence electrons. The van der Waals surface area contributed by atoms with Gasteiger partial charge in [-0.05, 0) is 42.5 Å². The third-order valence-corrected chi connectivity index (χ3v) is 8.10. The van der Waals surface area contributed by atoms with Crippen molar-refractivity contribution in [2.24, 2.45) is 0 Å². The van der Waals surface area contributed by atoms with Crippen LogP contribution >= 0.6 is 11.6 Å². The van der Waals surface area contributed by atoms with Gasteiger partial charge in [0, 0.05) is 30.4 Å². The molecule has 0 aromatic heterocycles. The minimum absolute atomic E-state index is 0.0157. The smallest absolute Gasteiger partial charge is 0.257 e. The molecular formula is C25H24ClN3O6S. The maximum atomic E-state index is 13.0. The summed E-state index contributed by atoms with van der Waals surface area (Å²) < 4.78 is 37.8. The number of fused-ring (bicyclic) bond motifs is 1. The number of nitrogens with one attached hydrogen (secondary N) is 2. The molecule has 0 unspecified atom stereocenters. The third-order valence-electron chi connectivity index (χ3n) is 5.57. The SMILES string of the molecule is CCN(CC)S(=O)(=O)c1cc(C(=O)Nc2ccccc2C(=O)Nc2ccc3c(c2)OCO3)ccc1Cl. The van der Waals surface area contributed by atoms with Gasteiger partial charge in [-0.15, -0.1) is 0 Å². The minimum atomic E-state index is -3.88. The van der Waals surface area contributed by atoms with E-state index in [1.54, 1.807) is 56.3 Å². The summed E-state index contributed by atoms with van der Waals surface area (Å²) in [5.41, 5.74) is 1.04. The zero-order valence-electron chi connectivity index (χ0n) is 19.6. The highest BCUT2D eigenvalue weighted by Crippen LogP contribution is 2.34. The Hall–Kier alpha value is -3.60. The summed E-state index contributed by atoms with van der Waals surface area (Å²) in [4.78, 5) is 25.9. The number of para-hydroxylation sites is 1. The Morgan fingerprint density at radius 2 is 1.64 bits per heavy atom. The van der Waals surface area contributed by atoms with Gasteiger partial charge < -0.3 is 20.1 Å². The van der Waals surface area contributed by atoms with Crippen molar-refractivity contribution in [1.29, 1.82) is 0 Å². The third kappa shape index (κ3) is 5.15. The first kappa shape index (κ1) is 25.5. The summed E-state index contributed by atoms with van der Waals surface area (Å²) >= 11 is 6.18. The summed E-state index contributed by atoms with van der Waals surface area (Å²) in [5, 5.41) is 5.49. The molecule has 1 aliphatic rings. The summed E-state index contributed by atoms with van der Waals surface area (Å²) in [6.07, 6.45) is 0. The average molecular weight is 530 g/mol. The second-order valence-corrected chi connectivity index (χ2v) is 10.1. The monoisotopic (exact) mass is 529 g/mol. The summed E-state index contributed by atoms with van der Waals surface area (Å²) in [6.45, 7) is 4.08. The van der Waals surface area contributed by atoms with Crippen LogP contribution in [0.2, 0.25) is 5.02 Å². The number of hydrogen-bond donors (Lipinski definition) is 2. The van der Waals surface area contributed by atoms with Crippen molar-refractivity contribution < 1.29 is 27.5 Å². The fraction of sp³-hybridized carbons (Fsp3) is 0.200. The number of hydrogen-bond acceptors (Lipinski definition) is 6. The minimum Gasteiger partial charge on any atom is -0.454 e. The quantitative estimate of drug-likeness (QED) is 0.440. The Balaban J connectivity index is 1.57. The lowest BCUT2D eigenvalue weighted by Crippen LogP contribution is -2.31. The van der Waals surface area contributed by atoms with Crippen LogP contribution in [0.4, 0.5) is 11.4 Å². The molecule has 0 fully saturated rings. The van der Waals surface area contributed by atoms with Crippen LogP contribution in [-0.4, -0.2) is 44.4 Å². The zero-order valence-corrected chi connectivity index (χ0v) is 21.2. The molecule has 11 heteroatoms. The van der Waals surface area contributed by atoms with E-state index in [0.717, 1.165) is 0 Å². The molecule has 0 bridgehead atoms. The van der Waals surface area contributed by atoms with E-state index in [9.17, 15) is 18.0 Å². The molecule has 4 rings (SSSR count). The molecule has 9 nitrogen and oxygen atoms in total. The predicted molar refractivity (Wildman–Crippen MR) is 136 cm³/mol. The first-order valence-electron chi connectivity index (χ1n) is 11.2. The van der Waals surface area contributed by atoms with Gasteiger partial charge in [0.25, 0.3) is 11.8 Å². The highest BCUT2D eigenvalue weighted by molar-refractivity contribution is 7.89. The molecule has 3 aromatic rings. The lowest BCUT2D eigenvalue weighted by atomic mass is 10.1. The first-order valence-corrected chi connectivity index (χ1v) is 13.0. The molecule has 2 N–H and O–H groups in total. The summed E-state index contributed by atoms with van der Waals surface area (Å²) in [6, 6.07) is 15.5. The molecule has 2 amide bonds. The second kappa shape index (κ2) is 10.6. The maximum Gasteiger partial charge on any atom is 0.257 e. The molecule has 0 atom stereocenters. The normalized spacial score (nSPS) is 12.4. The molecule has 0 spiro atoms. The maximum absolute atomic E-state index is 13.0. The van der Waals surface area contributed by atoms with E-state index in [4.69, 9.17) is 21.1 Å². The number of halogens is 1. The molecule has 0 radical (unpaired) electrons. The Morgan fingerprint density at radius 3 is 2.39 bits per heavy atom. The zero-order chi connectivity index (χ0) is 25.9. The van der Waals surface area contributed by atoms with E-state index in [0.29, 0.717) is 17.2 Å². The van der Waals surface area contributed by atoms with Gasteiger partial charge in [0.2, 0.25) is 16.8 Å². The number of carbonyl (C=O) groups is 2. The van der Waals surface area contributed by atoms with Gasteiger partial charge in [0.15, 0.2) is 11.5 Å². The van der Waals surface area contributed by atoms with Gasteiger partial charge in [0.05, 0.1) is 16.3 Å². The van der Waals surface area contributed by atoms with E-state index in [1.807, 2.05) is 0 Å². The molecule has 1 heterocycles. The molecule has 0 saturated heterocycles. The van der Waals surface area contributed by atoms with Crippen molar-refractivity contribution in [2.45, 2.75) is 18.7 Å². The van der Waals surface area contributed by atoms with Crippen molar-refractivity contribution in [1.82, 2.24) is 4.31 Å². The number of rotatable bonds is 8. The number of carbonyl (C=O) groups excluding carboxylic acids is 2. The van der Waals surface area contributed by atoms with Gasteiger partial charge in [-0.3, -0.25) is 9.59 Å². The van der Waals surface area contributed by atoms with Crippen LogP contribution in [-0.2, 0) is 10.0 Å². The Labute approximate surface area is 214 Å². The fourth-order valence-corrected chi connectivity index (χ4v) is 5.66. The van der Waals surface area contributed by atoms with Crippen LogP contribution in [0.15, 0.2) is 65.6 Å². The standard InChI is InChI=1S/C25H24ClN3O6S/c1-3-29(4-2)36(32,33)23-13-16(9-11-19(23)26)24(30)28-20-8-6-5-7-18(20)25(31)27-17-10-12-21-22(14-17)35-15-34-21/h5-14H,3-4,15H2,1-2H3,(H,27,31)(H,28,30). The van der Waals surface area contributed by atoms with Crippen molar-refractivity contribution in [3.05, 3.63) is 76.8 Å². The van der Waals surface area contributed by atoms with Crippen molar-refractivity contribution in [3.63, 3.8) is 0 Å². The first-order chi connectivity index (χ1) is 17.2. The summed E-state index contributed by atoms with van der Waals surface area (Å²) in [7, 11) is -3.88. The Morgan fingerprint density at radius 1 is 0.917 bits per heavy atom. The van der Waals surface area contributed by atoms with Crippen molar-refractivity contribution in [3.8, 4) is 11.5 Å². The van der Waals surface area contributed by atoms with Crippen LogP contribution in [0.3, 0.4) is 0 Å². The lowest BCUT2D eigenvalue weighted by molar-refractivity contribution is 0.102. The molecule has 1 aliphatic heterocycles. The molecule has 0 aliphatic carbocycles. The van der Waals surface area contributed by atoms with Gasteiger partial charge in [-0.25, -0.2) is 8.42 Å². The summed E-state index contributed by atoms with van der Waals surface area (Å²) in [5.74, 6) is 0.0651. The number of nitrogens with zero attached hydrogens (tertiary/aromatic N) is 1. The number of benzene rings is 3. The van der Waals surface area contributed by atoms with Crippen molar-refractivity contribution >= 4 is 44.8 Å². The van der Waals surface area contributed by atoms with E-state index >= 15 is 0 Å². The van der Waals surface area contributed by atoms with Crippen LogP contribution in [0.5, 0.6) is 11.5 Å². The molecule has 36 heavy (non-hydrogen) atoms. The number of ether oxygens (including phenoxy) is 2. The van der Waals surface area contributed by atoms with Gasteiger partial charge in [0.1, 0.15) is 4.90 Å². The Bertz CT molecular complexity index is 1420. The van der Waals surface area contributed by atoms with Crippen LogP contribution in [0.25, 0.3) is 0 Å². The average Bonchev–Trinajstić information content (AvgIpc) is 3.33. The lowest BCUT2D eigenvalue weighted by Gasteiger charge is -2.19.